The molecule has 1 rings (SSSR count). The molecule has 0 aliphatic heterocycles. The van der Waals surface area contributed by atoms with E-state index >= 15 is 0 Å². The Morgan fingerprint density at radius 1 is 1.70 bits per heavy atom. The molecule has 0 saturated heterocycles. The molecule has 2 nitrogen and oxygen atoms in total. The lowest BCUT2D eigenvalue weighted by atomic mass is 10.4. The van der Waals surface area contributed by atoms with E-state index in [-0.39, 0.29) is 10.4 Å². The number of nitrogens with zero attached hydrogens (tertiary/aromatic N) is 1. The van der Waals surface area contributed by atoms with Crippen molar-refractivity contribution in [3.05, 3.63) is 22.7 Å². The molecule has 0 aliphatic carbocycles. The van der Waals surface area contributed by atoms with E-state index in [1.54, 1.807) is 13.2 Å². The van der Waals surface area contributed by atoms with E-state index in [0.29, 0.717) is 5.69 Å². The van der Waals surface area contributed by atoms with Crippen molar-refractivity contribution < 1.29 is 4.39 Å². The number of hydrogen-bond acceptors (Lipinski definition) is 2. The van der Waals surface area contributed by atoms with Gasteiger partial charge in [-0.3, -0.25) is 0 Å². The van der Waals surface area contributed by atoms with Crippen molar-refractivity contribution in [2.24, 2.45) is 0 Å². The minimum absolute atomic E-state index is 0.242. The van der Waals surface area contributed by atoms with Gasteiger partial charge in [0.1, 0.15) is 4.60 Å². The second-order valence-corrected chi connectivity index (χ2v) is 2.50. The van der Waals surface area contributed by atoms with Gasteiger partial charge in [-0.1, -0.05) is 0 Å². The third-order valence-electron chi connectivity index (χ3n) is 1.08. The predicted molar refractivity (Wildman–Crippen MR) is 41.4 cm³/mol. The number of nitrogens with one attached hydrogen (secondary N) is 1. The number of anilines is 1. The molecule has 0 spiro atoms. The standard InChI is InChI=1S/C6H6BrFN2/c1-9-4-2-5(8)6(7)10-3-4/h2-3,9H,1H3. The van der Waals surface area contributed by atoms with Gasteiger partial charge < -0.3 is 5.32 Å². The average molecular weight is 205 g/mol. The van der Waals surface area contributed by atoms with E-state index in [0.717, 1.165) is 0 Å². The zero-order chi connectivity index (χ0) is 7.56. The Kier molecular flexibility index (Phi) is 2.21. The first-order valence-corrected chi connectivity index (χ1v) is 3.52. The van der Waals surface area contributed by atoms with Gasteiger partial charge in [0.05, 0.1) is 11.9 Å². The second kappa shape index (κ2) is 2.96. The summed E-state index contributed by atoms with van der Waals surface area (Å²) in [5, 5.41) is 2.77. The minimum atomic E-state index is -0.355. The van der Waals surface area contributed by atoms with Gasteiger partial charge in [-0.25, -0.2) is 9.37 Å². The molecule has 0 bridgehead atoms. The van der Waals surface area contributed by atoms with Crippen LogP contribution in [-0.4, -0.2) is 12.0 Å². The quantitative estimate of drug-likeness (QED) is 0.709. The Morgan fingerprint density at radius 2 is 2.40 bits per heavy atom. The summed E-state index contributed by atoms with van der Waals surface area (Å²) < 4.78 is 12.9. The van der Waals surface area contributed by atoms with E-state index in [1.807, 2.05) is 0 Å². The van der Waals surface area contributed by atoms with Gasteiger partial charge >= 0.3 is 0 Å². The van der Waals surface area contributed by atoms with Crippen molar-refractivity contribution in [1.29, 1.82) is 0 Å². The van der Waals surface area contributed by atoms with E-state index in [9.17, 15) is 4.39 Å². The van der Waals surface area contributed by atoms with Crippen molar-refractivity contribution in [2.45, 2.75) is 0 Å². The summed E-state index contributed by atoms with van der Waals surface area (Å²) in [4.78, 5) is 3.73. The largest absolute Gasteiger partial charge is 0.387 e. The lowest BCUT2D eigenvalue weighted by Crippen LogP contribution is -1.91. The van der Waals surface area contributed by atoms with Crippen LogP contribution in [0.15, 0.2) is 16.9 Å². The van der Waals surface area contributed by atoms with Gasteiger partial charge in [0.15, 0.2) is 5.82 Å². The van der Waals surface area contributed by atoms with Crippen LogP contribution in [0.1, 0.15) is 0 Å². The molecule has 0 aromatic carbocycles. The summed E-state index contributed by atoms with van der Waals surface area (Å²) in [5.41, 5.74) is 0.667. The van der Waals surface area contributed by atoms with Crippen LogP contribution in [0.25, 0.3) is 0 Å². The molecule has 1 N–H and O–H groups in total. The highest BCUT2D eigenvalue weighted by molar-refractivity contribution is 9.10. The lowest BCUT2D eigenvalue weighted by molar-refractivity contribution is 0.613. The number of aromatic nitrogens is 1. The monoisotopic (exact) mass is 204 g/mol. The molecule has 0 unspecified atom stereocenters. The summed E-state index contributed by atoms with van der Waals surface area (Å²) in [6, 6.07) is 1.37. The molecular formula is C6H6BrFN2. The van der Waals surface area contributed by atoms with Crippen LogP contribution in [0.3, 0.4) is 0 Å². The molecule has 1 aromatic rings. The topological polar surface area (TPSA) is 24.9 Å². The summed E-state index contributed by atoms with van der Waals surface area (Å²) in [7, 11) is 1.71. The summed E-state index contributed by atoms with van der Waals surface area (Å²) >= 11 is 2.94. The molecule has 1 aromatic heterocycles. The maximum absolute atomic E-state index is 12.6. The Labute approximate surface area is 66.6 Å². The Morgan fingerprint density at radius 3 is 2.90 bits per heavy atom. The molecule has 0 fully saturated rings. The second-order valence-electron chi connectivity index (χ2n) is 1.75. The minimum Gasteiger partial charge on any atom is -0.387 e. The Balaban J connectivity index is 3.04. The fourth-order valence-electron chi connectivity index (χ4n) is 0.558. The fourth-order valence-corrected chi connectivity index (χ4v) is 0.775. The van der Waals surface area contributed by atoms with E-state index in [1.165, 1.54) is 6.07 Å². The Hall–Kier alpha value is -0.640. The molecule has 0 saturated carbocycles. The lowest BCUT2D eigenvalue weighted by Gasteiger charge is -1.98. The number of halogens is 2. The van der Waals surface area contributed by atoms with Crippen LogP contribution in [0, 0.1) is 5.82 Å². The van der Waals surface area contributed by atoms with Gasteiger partial charge in [0.2, 0.25) is 0 Å². The highest BCUT2D eigenvalue weighted by atomic mass is 79.9. The number of pyridine rings is 1. The predicted octanol–water partition coefficient (Wildman–Crippen LogP) is 2.02. The van der Waals surface area contributed by atoms with Crippen LogP contribution >= 0.6 is 15.9 Å². The molecular weight excluding hydrogens is 199 g/mol. The van der Waals surface area contributed by atoms with E-state index in [2.05, 4.69) is 26.2 Å². The highest BCUT2D eigenvalue weighted by Gasteiger charge is 1.98. The van der Waals surface area contributed by atoms with Gasteiger partial charge in [-0.15, -0.1) is 0 Å². The van der Waals surface area contributed by atoms with Gasteiger partial charge in [0.25, 0.3) is 0 Å². The van der Waals surface area contributed by atoms with Crippen LogP contribution in [-0.2, 0) is 0 Å². The maximum Gasteiger partial charge on any atom is 0.158 e. The number of rotatable bonds is 1. The summed E-state index contributed by atoms with van der Waals surface area (Å²) in [6.07, 6.45) is 1.55. The number of hydrogen-bond donors (Lipinski definition) is 1. The smallest absolute Gasteiger partial charge is 0.158 e. The average Bonchev–Trinajstić information content (AvgIpc) is 1.95. The van der Waals surface area contributed by atoms with Gasteiger partial charge in [0, 0.05) is 13.1 Å². The van der Waals surface area contributed by atoms with Crippen LogP contribution in [0.4, 0.5) is 10.1 Å². The van der Waals surface area contributed by atoms with Crippen LogP contribution in [0.5, 0.6) is 0 Å². The third-order valence-corrected chi connectivity index (χ3v) is 1.67. The van der Waals surface area contributed by atoms with Crippen molar-refractivity contribution in [2.75, 3.05) is 12.4 Å². The summed E-state index contributed by atoms with van der Waals surface area (Å²) in [6.45, 7) is 0. The zero-order valence-electron chi connectivity index (χ0n) is 5.36. The zero-order valence-corrected chi connectivity index (χ0v) is 6.94. The Bertz CT molecular complexity index is 239. The maximum atomic E-state index is 12.6. The molecule has 1 heterocycles. The molecule has 10 heavy (non-hydrogen) atoms. The first-order valence-electron chi connectivity index (χ1n) is 2.73. The van der Waals surface area contributed by atoms with Crippen LogP contribution in [0.2, 0.25) is 0 Å². The van der Waals surface area contributed by atoms with Gasteiger partial charge in [-0.2, -0.15) is 0 Å². The van der Waals surface area contributed by atoms with Crippen molar-refractivity contribution >= 4 is 21.6 Å². The third kappa shape index (κ3) is 1.44. The molecule has 0 aliphatic rings. The van der Waals surface area contributed by atoms with Crippen LogP contribution < -0.4 is 5.32 Å². The van der Waals surface area contributed by atoms with Crippen molar-refractivity contribution in [1.82, 2.24) is 4.98 Å². The van der Waals surface area contributed by atoms with E-state index < -0.39 is 0 Å². The fraction of sp³-hybridized carbons (Fsp3) is 0.167. The normalized spacial score (nSPS) is 9.50. The first kappa shape index (κ1) is 7.47. The van der Waals surface area contributed by atoms with Crippen molar-refractivity contribution in [3.8, 4) is 0 Å². The van der Waals surface area contributed by atoms with E-state index in [4.69, 9.17) is 0 Å². The molecule has 0 radical (unpaired) electrons. The molecule has 0 atom stereocenters. The first-order chi connectivity index (χ1) is 4.74. The van der Waals surface area contributed by atoms with Crippen molar-refractivity contribution in [3.63, 3.8) is 0 Å². The molecule has 0 amide bonds. The van der Waals surface area contributed by atoms with Gasteiger partial charge in [-0.05, 0) is 15.9 Å². The highest BCUT2D eigenvalue weighted by Crippen LogP contribution is 2.14. The SMILES string of the molecule is CNc1cnc(Br)c(F)c1. The molecule has 4 heteroatoms. The summed E-state index contributed by atoms with van der Waals surface area (Å²) in [5.74, 6) is -0.355. The molecule has 54 valence electrons.